The predicted molar refractivity (Wildman–Crippen MR) is 69.3 cm³/mol. The molecule has 0 saturated carbocycles. The zero-order chi connectivity index (χ0) is 10.5. The number of halogens is 1. The highest BCUT2D eigenvalue weighted by Crippen LogP contribution is 2.18. The number of nitrogens with one attached hydrogen (secondary N) is 1. The van der Waals surface area contributed by atoms with Gasteiger partial charge in [-0.1, -0.05) is 0 Å². The van der Waals surface area contributed by atoms with Gasteiger partial charge in [-0.2, -0.15) is 0 Å². The van der Waals surface area contributed by atoms with Crippen LogP contribution in [0.5, 0.6) is 0 Å². The van der Waals surface area contributed by atoms with Crippen molar-refractivity contribution in [3.8, 4) is 0 Å². The minimum atomic E-state index is 0. The Morgan fingerprint density at radius 1 is 1.38 bits per heavy atom. The summed E-state index contributed by atoms with van der Waals surface area (Å²) in [5.41, 5.74) is 0. The Morgan fingerprint density at radius 2 is 2.25 bits per heavy atom. The summed E-state index contributed by atoms with van der Waals surface area (Å²) in [5, 5.41) is 3.40. The molecule has 0 bridgehead atoms. The molecule has 2 fully saturated rings. The van der Waals surface area contributed by atoms with Gasteiger partial charge in [0.25, 0.3) is 0 Å². The zero-order valence-electron chi connectivity index (χ0n) is 10.3. The minimum absolute atomic E-state index is 0. The third-order valence-electron chi connectivity index (χ3n) is 3.79. The van der Waals surface area contributed by atoms with Crippen LogP contribution >= 0.6 is 12.4 Å². The minimum Gasteiger partial charge on any atom is -0.381 e. The van der Waals surface area contributed by atoms with Crippen molar-refractivity contribution >= 4 is 12.4 Å². The Labute approximate surface area is 105 Å². The molecule has 2 heterocycles. The van der Waals surface area contributed by atoms with Crippen molar-refractivity contribution in [1.82, 2.24) is 10.2 Å². The second-order valence-corrected chi connectivity index (χ2v) is 4.95. The summed E-state index contributed by atoms with van der Waals surface area (Å²) in [5.74, 6) is 0.833. The Balaban J connectivity index is 0.00000128. The number of hydrogen-bond donors (Lipinski definition) is 1. The third kappa shape index (κ3) is 4.21. The normalized spacial score (nSPS) is 31.3. The fourth-order valence-corrected chi connectivity index (χ4v) is 2.67. The van der Waals surface area contributed by atoms with E-state index in [2.05, 4.69) is 17.3 Å². The summed E-state index contributed by atoms with van der Waals surface area (Å²) >= 11 is 0. The monoisotopic (exact) mass is 248 g/mol. The molecule has 1 N–H and O–H groups in total. The first kappa shape index (κ1) is 14.2. The van der Waals surface area contributed by atoms with Crippen LogP contribution in [0.2, 0.25) is 0 Å². The lowest BCUT2D eigenvalue weighted by Gasteiger charge is -2.32. The van der Waals surface area contributed by atoms with Crippen molar-refractivity contribution in [2.45, 2.75) is 31.7 Å². The van der Waals surface area contributed by atoms with Crippen LogP contribution in [0, 0.1) is 5.92 Å². The predicted octanol–water partition coefficient (Wildman–Crippen LogP) is 1.52. The lowest BCUT2D eigenvalue weighted by Crippen LogP contribution is -2.44. The van der Waals surface area contributed by atoms with Gasteiger partial charge < -0.3 is 15.0 Å². The van der Waals surface area contributed by atoms with E-state index in [9.17, 15) is 0 Å². The molecule has 2 aliphatic heterocycles. The Morgan fingerprint density at radius 3 is 2.94 bits per heavy atom. The molecule has 2 saturated heterocycles. The van der Waals surface area contributed by atoms with Crippen LogP contribution in [0.25, 0.3) is 0 Å². The van der Waals surface area contributed by atoms with Gasteiger partial charge in [0.15, 0.2) is 0 Å². The smallest absolute Gasteiger partial charge is 0.0495 e. The van der Waals surface area contributed by atoms with Gasteiger partial charge in [-0.05, 0) is 51.7 Å². The molecule has 0 aliphatic carbocycles. The van der Waals surface area contributed by atoms with Gasteiger partial charge in [0, 0.05) is 25.8 Å². The maximum atomic E-state index is 5.41. The molecule has 0 aromatic carbocycles. The van der Waals surface area contributed by atoms with Crippen molar-refractivity contribution < 1.29 is 4.74 Å². The first-order chi connectivity index (χ1) is 7.38. The molecule has 96 valence electrons. The average molecular weight is 249 g/mol. The largest absolute Gasteiger partial charge is 0.381 e. The van der Waals surface area contributed by atoms with Gasteiger partial charge in [-0.15, -0.1) is 12.4 Å². The number of likely N-dealkylation sites (tertiary alicyclic amines) is 1. The highest BCUT2D eigenvalue weighted by atomic mass is 35.5. The standard InChI is InChI=1S/C12H24N2O.ClH/c1-13-12-3-2-6-14(9-12)7-4-11-5-8-15-10-11;/h11-13H,2-10H2,1H3;1H. The van der Waals surface area contributed by atoms with E-state index < -0.39 is 0 Å². The average Bonchev–Trinajstić information content (AvgIpc) is 2.79. The highest BCUT2D eigenvalue weighted by molar-refractivity contribution is 5.85. The molecule has 2 atom stereocenters. The van der Waals surface area contributed by atoms with Gasteiger partial charge in [-0.25, -0.2) is 0 Å². The van der Waals surface area contributed by atoms with Crippen molar-refractivity contribution in [2.24, 2.45) is 5.92 Å². The molecule has 0 aromatic rings. The number of ether oxygens (including phenoxy) is 1. The first-order valence-electron chi connectivity index (χ1n) is 6.36. The van der Waals surface area contributed by atoms with E-state index in [-0.39, 0.29) is 12.4 Å². The summed E-state index contributed by atoms with van der Waals surface area (Å²) in [7, 11) is 2.08. The van der Waals surface area contributed by atoms with Crippen LogP contribution in [0.15, 0.2) is 0 Å². The SMILES string of the molecule is CNC1CCCN(CCC2CCOC2)C1.Cl. The zero-order valence-corrected chi connectivity index (χ0v) is 11.1. The lowest BCUT2D eigenvalue weighted by atomic mass is 10.0. The highest BCUT2D eigenvalue weighted by Gasteiger charge is 2.20. The maximum absolute atomic E-state index is 5.41. The van der Waals surface area contributed by atoms with Crippen LogP contribution < -0.4 is 5.32 Å². The third-order valence-corrected chi connectivity index (χ3v) is 3.79. The Hall–Kier alpha value is 0.170. The van der Waals surface area contributed by atoms with E-state index >= 15 is 0 Å². The second-order valence-electron chi connectivity index (χ2n) is 4.95. The van der Waals surface area contributed by atoms with E-state index in [4.69, 9.17) is 4.74 Å². The Bertz CT molecular complexity index is 186. The van der Waals surface area contributed by atoms with E-state index in [1.807, 2.05) is 0 Å². The second kappa shape index (κ2) is 7.49. The molecule has 3 nitrogen and oxygen atoms in total. The van der Waals surface area contributed by atoms with E-state index in [0.29, 0.717) is 0 Å². The van der Waals surface area contributed by atoms with Crippen molar-refractivity contribution in [3.63, 3.8) is 0 Å². The molecule has 0 amide bonds. The van der Waals surface area contributed by atoms with E-state index in [1.54, 1.807) is 0 Å². The number of hydrogen-bond acceptors (Lipinski definition) is 3. The number of nitrogens with zero attached hydrogens (tertiary/aromatic N) is 1. The molecule has 0 spiro atoms. The molecule has 0 aromatic heterocycles. The molecule has 4 heteroatoms. The molecule has 2 unspecified atom stereocenters. The van der Waals surface area contributed by atoms with Crippen LogP contribution in [-0.2, 0) is 4.74 Å². The molecule has 2 aliphatic rings. The van der Waals surface area contributed by atoms with E-state index in [0.717, 1.165) is 25.2 Å². The summed E-state index contributed by atoms with van der Waals surface area (Å²) in [6.07, 6.45) is 5.31. The van der Waals surface area contributed by atoms with Gasteiger partial charge in [0.05, 0.1) is 0 Å². The van der Waals surface area contributed by atoms with Crippen LogP contribution in [-0.4, -0.2) is 50.8 Å². The summed E-state index contributed by atoms with van der Waals surface area (Å²) in [6, 6.07) is 0.721. The van der Waals surface area contributed by atoms with Crippen LogP contribution in [0.1, 0.15) is 25.7 Å². The summed E-state index contributed by atoms with van der Waals surface area (Å²) in [6.45, 7) is 5.80. The molecular formula is C12H25ClN2O. The quantitative estimate of drug-likeness (QED) is 0.817. The van der Waals surface area contributed by atoms with Gasteiger partial charge in [0.1, 0.15) is 0 Å². The lowest BCUT2D eigenvalue weighted by molar-refractivity contribution is 0.164. The number of rotatable bonds is 4. The summed E-state index contributed by atoms with van der Waals surface area (Å²) < 4.78 is 5.41. The maximum Gasteiger partial charge on any atom is 0.0495 e. The van der Waals surface area contributed by atoms with Crippen LogP contribution in [0.4, 0.5) is 0 Å². The fourth-order valence-electron chi connectivity index (χ4n) is 2.67. The van der Waals surface area contributed by atoms with E-state index in [1.165, 1.54) is 45.3 Å². The number of piperidine rings is 1. The Kier molecular flexibility index (Phi) is 6.66. The van der Waals surface area contributed by atoms with Gasteiger partial charge in [0.2, 0.25) is 0 Å². The van der Waals surface area contributed by atoms with Gasteiger partial charge >= 0.3 is 0 Å². The summed E-state index contributed by atoms with van der Waals surface area (Å²) in [4.78, 5) is 2.61. The molecule has 2 rings (SSSR count). The number of likely N-dealkylation sites (N-methyl/N-ethyl adjacent to an activating group) is 1. The van der Waals surface area contributed by atoms with Gasteiger partial charge in [-0.3, -0.25) is 0 Å². The van der Waals surface area contributed by atoms with Crippen molar-refractivity contribution in [3.05, 3.63) is 0 Å². The van der Waals surface area contributed by atoms with Crippen LogP contribution in [0.3, 0.4) is 0 Å². The topological polar surface area (TPSA) is 24.5 Å². The molecule has 16 heavy (non-hydrogen) atoms. The molecular weight excluding hydrogens is 224 g/mol. The molecule has 0 radical (unpaired) electrons. The van der Waals surface area contributed by atoms with Crippen molar-refractivity contribution in [2.75, 3.05) is 39.9 Å². The first-order valence-corrected chi connectivity index (χ1v) is 6.36. The van der Waals surface area contributed by atoms with Crippen molar-refractivity contribution in [1.29, 1.82) is 0 Å². The fraction of sp³-hybridized carbons (Fsp3) is 1.00.